The van der Waals surface area contributed by atoms with Gasteiger partial charge in [0.15, 0.2) is 0 Å². The summed E-state index contributed by atoms with van der Waals surface area (Å²) >= 11 is 6.16. The third-order valence-corrected chi connectivity index (χ3v) is 2.99. The first kappa shape index (κ1) is 12.3. The first-order chi connectivity index (χ1) is 7.11. The third kappa shape index (κ3) is 2.64. The summed E-state index contributed by atoms with van der Waals surface area (Å²) in [5.74, 6) is 0.752. The van der Waals surface area contributed by atoms with Crippen LogP contribution in [0.4, 0.5) is 0 Å². The van der Waals surface area contributed by atoms with E-state index in [0.717, 1.165) is 29.7 Å². The summed E-state index contributed by atoms with van der Waals surface area (Å²) in [5, 5.41) is 9.51. The highest BCUT2D eigenvalue weighted by atomic mass is 35.5. The SMILES string of the molecule is COc1c(Cl)c(C)cc(C)c1CCCO. The van der Waals surface area contributed by atoms with Crippen LogP contribution in [-0.2, 0) is 6.42 Å². The Bertz CT molecular complexity index is 348. The smallest absolute Gasteiger partial charge is 0.141 e. The number of aliphatic hydroxyl groups is 1. The van der Waals surface area contributed by atoms with Gasteiger partial charge in [-0.25, -0.2) is 0 Å². The molecule has 0 unspecified atom stereocenters. The fourth-order valence-electron chi connectivity index (χ4n) is 1.75. The van der Waals surface area contributed by atoms with Crippen LogP contribution in [0.25, 0.3) is 0 Å². The molecule has 1 aromatic rings. The summed E-state index contributed by atoms with van der Waals surface area (Å²) in [4.78, 5) is 0. The summed E-state index contributed by atoms with van der Waals surface area (Å²) in [7, 11) is 1.63. The zero-order valence-electron chi connectivity index (χ0n) is 9.43. The highest BCUT2D eigenvalue weighted by Gasteiger charge is 2.12. The Morgan fingerprint density at radius 2 is 2.00 bits per heavy atom. The molecule has 1 rings (SSSR count). The molecule has 0 heterocycles. The predicted octanol–water partition coefficient (Wildman–Crippen LogP) is 2.89. The molecule has 0 fully saturated rings. The van der Waals surface area contributed by atoms with Crippen LogP contribution < -0.4 is 4.74 Å². The van der Waals surface area contributed by atoms with Crippen LogP contribution in [-0.4, -0.2) is 18.8 Å². The van der Waals surface area contributed by atoms with Gasteiger partial charge in [-0.2, -0.15) is 0 Å². The maximum atomic E-state index is 8.83. The number of rotatable bonds is 4. The van der Waals surface area contributed by atoms with Crippen molar-refractivity contribution in [3.8, 4) is 5.75 Å². The fourth-order valence-corrected chi connectivity index (χ4v) is 1.99. The van der Waals surface area contributed by atoms with Gasteiger partial charge < -0.3 is 9.84 Å². The number of hydrogen-bond acceptors (Lipinski definition) is 2. The van der Waals surface area contributed by atoms with Crippen LogP contribution in [0.5, 0.6) is 5.75 Å². The molecule has 0 bridgehead atoms. The summed E-state index contributed by atoms with van der Waals surface area (Å²) in [6.07, 6.45) is 1.53. The van der Waals surface area contributed by atoms with Gasteiger partial charge in [0.25, 0.3) is 0 Å². The molecule has 0 aliphatic carbocycles. The highest BCUT2D eigenvalue weighted by molar-refractivity contribution is 6.33. The molecule has 15 heavy (non-hydrogen) atoms. The van der Waals surface area contributed by atoms with Crippen molar-refractivity contribution in [3.63, 3.8) is 0 Å². The van der Waals surface area contributed by atoms with Crippen LogP contribution in [0.1, 0.15) is 23.1 Å². The molecular formula is C12H17ClO2. The molecule has 1 N–H and O–H groups in total. The van der Waals surface area contributed by atoms with Crippen LogP contribution in [0.15, 0.2) is 6.07 Å². The normalized spacial score (nSPS) is 10.5. The first-order valence-electron chi connectivity index (χ1n) is 5.05. The lowest BCUT2D eigenvalue weighted by Gasteiger charge is -2.14. The predicted molar refractivity (Wildman–Crippen MR) is 62.9 cm³/mol. The van der Waals surface area contributed by atoms with Gasteiger partial charge in [0.05, 0.1) is 12.1 Å². The van der Waals surface area contributed by atoms with Gasteiger partial charge in [0, 0.05) is 6.61 Å². The minimum atomic E-state index is 0.189. The van der Waals surface area contributed by atoms with E-state index >= 15 is 0 Å². The second-order valence-electron chi connectivity index (χ2n) is 3.66. The number of methoxy groups -OCH3 is 1. The lowest BCUT2D eigenvalue weighted by molar-refractivity contribution is 0.287. The Labute approximate surface area is 95.8 Å². The quantitative estimate of drug-likeness (QED) is 0.859. The molecule has 0 aliphatic rings. The van der Waals surface area contributed by atoms with Crippen molar-refractivity contribution in [2.45, 2.75) is 26.7 Å². The topological polar surface area (TPSA) is 29.5 Å². The number of hydrogen-bond donors (Lipinski definition) is 1. The summed E-state index contributed by atoms with van der Waals surface area (Å²) < 4.78 is 5.32. The van der Waals surface area contributed by atoms with E-state index < -0.39 is 0 Å². The molecule has 0 aromatic heterocycles. The lowest BCUT2D eigenvalue weighted by atomic mass is 10.00. The maximum Gasteiger partial charge on any atom is 0.141 e. The second-order valence-corrected chi connectivity index (χ2v) is 4.04. The molecule has 0 saturated carbocycles. The monoisotopic (exact) mass is 228 g/mol. The number of aliphatic hydroxyl groups excluding tert-OH is 1. The Morgan fingerprint density at radius 3 is 2.53 bits per heavy atom. The number of benzene rings is 1. The van der Waals surface area contributed by atoms with Crippen molar-refractivity contribution in [1.29, 1.82) is 0 Å². The molecule has 0 aliphatic heterocycles. The van der Waals surface area contributed by atoms with E-state index in [0.29, 0.717) is 5.02 Å². The van der Waals surface area contributed by atoms with E-state index in [1.54, 1.807) is 7.11 Å². The molecular weight excluding hydrogens is 212 g/mol. The maximum absolute atomic E-state index is 8.83. The molecule has 84 valence electrons. The third-order valence-electron chi connectivity index (χ3n) is 2.52. The number of ether oxygens (including phenoxy) is 1. The lowest BCUT2D eigenvalue weighted by Crippen LogP contribution is -1.99. The average Bonchev–Trinajstić information content (AvgIpc) is 2.21. The van der Waals surface area contributed by atoms with Gasteiger partial charge in [-0.1, -0.05) is 17.7 Å². The number of halogens is 1. The van der Waals surface area contributed by atoms with Gasteiger partial charge in [0.2, 0.25) is 0 Å². The molecule has 0 radical (unpaired) electrons. The van der Waals surface area contributed by atoms with Crippen molar-refractivity contribution in [1.82, 2.24) is 0 Å². The standard InChI is InChI=1S/C12H17ClO2/c1-8-7-9(2)11(13)12(15-3)10(8)5-4-6-14/h7,14H,4-6H2,1-3H3. The van der Waals surface area contributed by atoms with Crippen LogP contribution in [0, 0.1) is 13.8 Å². The second kappa shape index (κ2) is 5.38. The summed E-state index contributed by atoms with van der Waals surface area (Å²) in [6, 6.07) is 2.05. The van der Waals surface area contributed by atoms with Crippen molar-refractivity contribution in [3.05, 3.63) is 27.8 Å². The first-order valence-corrected chi connectivity index (χ1v) is 5.43. The summed E-state index contributed by atoms with van der Waals surface area (Å²) in [6.45, 7) is 4.19. The molecule has 0 saturated heterocycles. The fraction of sp³-hybridized carbons (Fsp3) is 0.500. The van der Waals surface area contributed by atoms with E-state index in [4.69, 9.17) is 21.4 Å². The molecule has 1 aromatic carbocycles. The van der Waals surface area contributed by atoms with Crippen LogP contribution in [0.2, 0.25) is 5.02 Å². The minimum Gasteiger partial charge on any atom is -0.495 e. The molecule has 0 atom stereocenters. The Hall–Kier alpha value is -0.730. The molecule has 0 spiro atoms. The number of aryl methyl sites for hydroxylation is 2. The van der Waals surface area contributed by atoms with E-state index in [1.165, 1.54) is 5.56 Å². The Kier molecular flexibility index (Phi) is 4.43. The van der Waals surface area contributed by atoms with Crippen molar-refractivity contribution in [2.24, 2.45) is 0 Å². The summed E-state index contributed by atoms with van der Waals surface area (Å²) in [5.41, 5.74) is 3.29. The van der Waals surface area contributed by atoms with Gasteiger partial charge in [-0.15, -0.1) is 0 Å². The Balaban J connectivity index is 3.16. The van der Waals surface area contributed by atoms with Crippen LogP contribution >= 0.6 is 11.6 Å². The highest BCUT2D eigenvalue weighted by Crippen LogP contribution is 2.34. The van der Waals surface area contributed by atoms with Crippen molar-refractivity contribution >= 4 is 11.6 Å². The van der Waals surface area contributed by atoms with E-state index in [-0.39, 0.29) is 6.61 Å². The minimum absolute atomic E-state index is 0.189. The van der Waals surface area contributed by atoms with Gasteiger partial charge in [-0.05, 0) is 43.4 Å². The average molecular weight is 229 g/mol. The van der Waals surface area contributed by atoms with E-state index in [1.807, 2.05) is 13.8 Å². The largest absolute Gasteiger partial charge is 0.495 e. The van der Waals surface area contributed by atoms with Gasteiger partial charge >= 0.3 is 0 Å². The van der Waals surface area contributed by atoms with E-state index in [9.17, 15) is 0 Å². The van der Waals surface area contributed by atoms with Crippen molar-refractivity contribution in [2.75, 3.05) is 13.7 Å². The molecule has 2 nitrogen and oxygen atoms in total. The zero-order chi connectivity index (χ0) is 11.4. The molecule has 3 heteroatoms. The van der Waals surface area contributed by atoms with Gasteiger partial charge in [-0.3, -0.25) is 0 Å². The zero-order valence-corrected chi connectivity index (χ0v) is 10.2. The van der Waals surface area contributed by atoms with Crippen molar-refractivity contribution < 1.29 is 9.84 Å². The molecule has 0 amide bonds. The van der Waals surface area contributed by atoms with Crippen LogP contribution in [0.3, 0.4) is 0 Å². The van der Waals surface area contributed by atoms with Gasteiger partial charge in [0.1, 0.15) is 5.75 Å². The Morgan fingerprint density at radius 1 is 1.33 bits per heavy atom. The van der Waals surface area contributed by atoms with E-state index in [2.05, 4.69) is 6.07 Å².